The Morgan fingerprint density at radius 3 is 2.81 bits per heavy atom. The summed E-state index contributed by atoms with van der Waals surface area (Å²) >= 11 is 7.20. The van der Waals surface area contributed by atoms with E-state index in [0.29, 0.717) is 15.7 Å². The van der Waals surface area contributed by atoms with Gasteiger partial charge in [-0.05, 0) is 42.5 Å². The Labute approximate surface area is 160 Å². The van der Waals surface area contributed by atoms with E-state index in [1.807, 2.05) is 0 Å². The number of rotatable bonds is 7. The summed E-state index contributed by atoms with van der Waals surface area (Å²) in [4.78, 5) is 1.38. The molecule has 2 heterocycles. The van der Waals surface area contributed by atoms with Gasteiger partial charge in [-0.25, -0.2) is 13.1 Å². The molecule has 0 radical (unpaired) electrons. The lowest BCUT2D eigenvalue weighted by Crippen LogP contribution is -2.23. The third kappa shape index (κ3) is 4.11. The smallest absolute Gasteiger partial charge is 0.244 e. The minimum atomic E-state index is -3.81. The maximum Gasteiger partial charge on any atom is 0.244 e. The molecule has 1 aromatic carbocycles. The van der Waals surface area contributed by atoms with Gasteiger partial charge in [0.15, 0.2) is 0 Å². The summed E-state index contributed by atoms with van der Waals surface area (Å²) in [5.74, 6) is 0.643. The average Bonchev–Trinajstić information content (AvgIpc) is 3.31. The van der Waals surface area contributed by atoms with Crippen molar-refractivity contribution in [3.63, 3.8) is 0 Å². The van der Waals surface area contributed by atoms with E-state index in [4.69, 9.17) is 20.8 Å². The highest BCUT2D eigenvalue weighted by Crippen LogP contribution is 2.30. The Morgan fingerprint density at radius 1 is 1.31 bits per heavy atom. The van der Waals surface area contributed by atoms with E-state index in [1.54, 1.807) is 30.3 Å². The van der Waals surface area contributed by atoms with Gasteiger partial charge in [0.1, 0.15) is 22.5 Å². The van der Waals surface area contributed by atoms with Crippen molar-refractivity contribution < 1.29 is 22.7 Å². The van der Waals surface area contributed by atoms with Gasteiger partial charge in [0, 0.05) is 21.3 Å². The Bertz CT molecular complexity index is 983. The molecule has 6 nitrogen and oxygen atoms in total. The lowest BCUT2D eigenvalue weighted by atomic mass is 10.2. The van der Waals surface area contributed by atoms with E-state index >= 15 is 0 Å². The molecule has 1 unspecified atom stereocenters. The van der Waals surface area contributed by atoms with Crippen molar-refractivity contribution in [2.45, 2.75) is 17.5 Å². The fraction of sp³-hybridized carbons (Fsp3) is 0.176. The highest BCUT2D eigenvalue weighted by Gasteiger charge is 2.21. The number of ether oxygens (including phenoxy) is 1. The Morgan fingerprint density at radius 2 is 2.12 bits per heavy atom. The van der Waals surface area contributed by atoms with Crippen LogP contribution in [0.15, 0.2) is 58.0 Å². The van der Waals surface area contributed by atoms with Crippen molar-refractivity contribution >= 4 is 33.0 Å². The van der Waals surface area contributed by atoms with Crippen LogP contribution >= 0.6 is 22.9 Å². The van der Waals surface area contributed by atoms with Crippen molar-refractivity contribution in [3.05, 3.63) is 69.3 Å². The predicted molar refractivity (Wildman–Crippen MR) is 99.1 cm³/mol. The largest absolute Gasteiger partial charge is 0.495 e. The molecule has 0 aliphatic rings. The van der Waals surface area contributed by atoms with Crippen LogP contribution in [0.1, 0.15) is 21.6 Å². The summed E-state index contributed by atoms with van der Waals surface area (Å²) in [5, 5.41) is 10.5. The second-order valence-electron chi connectivity index (χ2n) is 5.34. The molecule has 0 aliphatic carbocycles. The summed E-state index contributed by atoms with van der Waals surface area (Å²) in [5.41, 5.74) is 0. The van der Waals surface area contributed by atoms with Gasteiger partial charge in [-0.2, -0.15) is 0 Å². The maximum atomic E-state index is 12.6. The standard InChI is InChI=1S/C17H16ClNO5S2/c1-23-13-6-4-11(18)9-16(13)26(21,22)19-10-12-5-7-15(25-12)17(20)14-3-2-8-24-14/h2-9,17,19-20H,10H2,1H3. The van der Waals surface area contributed by atoms with Gasteiger partial charge < -0.3 is 14.3 Å². The molecular weight excluding hydrogens is 398 g/mol. The van der Waals surface area contributed by atoms with Gasteiger partial charge in [0.2, 0.25) is 10.0 Å². The summed E-state index contributed by atoms with van der Waals surface area (Å²) < 4.78 is 37.9. The van der Waals surface area contributed by atoms with Crippen LogP contribution in [-0.4, -0.2) is 20.6 Å². The van der Waals surface area contributed by atoms with Crippen LogP contribution in [0.2, 0.25) is 5.02 Å². The molecule has 0 aliphatic heterocycles. The molecule has 0 spiro atoms. The quantitative estimate of drug-likeness (QED) is 0.618. The monoisotopic (exact) mass is 413 g/mol. The zero-order chi connectivity index (χ0) is 18.7. The van der Waals surface area contributed by atoms with Gasteiger partial charge in [0.05, 0.1) is 13.4 Å². The third-order valence-electron chi connectivity index (χ3n) is 3.62. The fourth-order valence-electron chi connectivity index (χ4n) is 2.33. The first-order chi connectivity index (χ1) is 12.4. The Balaban J connectivity index is 1.74. The maximum absolute atomic E-state index is 12.6. The highest BCUT2D eigenvalue weighted by molar-refractivity contribution is 7.89. The lowest BCUT2D eigenvalue weighted by Gasteiger charge is -2.10. The van der Waals surface area contributed by atoms with Gasteiger partial charge in [-0.15, -0.1) is 11.3 Å². The van der Waals surface area contributed by atoms with Gasteiger partial charge in [-0.1, -0.05) is 11.6 Å². The van der Waals surface area contributed by atoms with Crippen LogP contribution in [0, 0.1) is 0 Å². The SMILES string of the molecule is COc1ccc(Cl)cc1S(=O)(=O)NCc1ccc(C(O)c2ccco2)s1. The number of nitrogens with one attached hydrogen (secondary N) is 1. The zero-order valence-electron chi connectivity index (χ0n) is 13.7. The van der Waals surface area contributed by atoms with Gasteiger partial charge >= 0.3 is 0 Å². The molecule has 0 amide bonds. The van der Waals surface area contributed by atoms with E-state index in [9.17, 15) is 13.5 Å². The van der Waals surface area contributed by atoms with Crippen LogP contribution in [-0.2, 0) is 16.6 Å². The molecule has 3 aromatic rings. The van der Waals surface area contributed by atoms with Crippen LogP contribution < -0.4 is 9.46 Å². The van der Waals surface area contributed by atoms with E-state index < -0.39 is 16.1 Å². The zero-order valence-corrected chi connectivity index (χ0v) is 16.1. The minimum absolute atomic E-state index is 0.0279. The molecular formula is C17H16ClNO5S2. The number of furan rings is 1. The van der Waals surface area contributed by atoms with Crippen molar-refractivity contribution in [2.75, 3.05) is 7.11 Å². The normalized spacial score (nSPS) is 12.9. The van der Waals surface area contributed by atoms with Crippen LogP contribution in [0.25, 0.3) is 0 Å². The molecule has 9 heteroatoms. The number of halogens is 1. The average molecular weight is 414 g/mol. The molecule has 2 N–H and O–H groups in total. The number of aliphatic hydroxyl groups is 1. The molecule has 0 saturated heterocycles. The van der Waals surface area contributed by atoms with Crippen LogP contribution in [0.5, 0.6) is 5.75 Å². The van der Waals surface area contributed by atoms with E-state index in [0.717, 1.165) is 4.88 Å². The topological polar surface area (TPSA) is 88.8 Å². The minimum Gasteiger partial charge on any atom is -0.495 e. The van der Waals surface area contributed by atoms with Crippen LogP contribution in [0.4, 0.5) is 0 Å². The van der Waals surface area contributed by atoms with Gasteiger partial charge in [-0.3, -0.25) is 0 Å². The Hall–Kier alpha value is -1.84. The fourth-order valence-corrected chi connectivity index (χ4v) is 4.80. The highest BCUT2D eigenvalue weighted by atomic mass is 35.5. The first kappa shape index (κ1) is 18.9. The molecule has 0 bridgehead atoms. The predicted octanol–water partition coefficient (Wildman–Crippen LogP) is 3.56. The number of thiophene rings is 1. The van der Waals surface area contributed by atoms with Crippen molar-refractivity contribution in [1.29, 1.82) is 0 Å². The number of benzene rings is 1. The van der Waals surface area contributed by atoms with E-state index in [-0.39, 0.29) is 17.2 Å². The summed E-state index contributed by atoms with van der Waals surface area (Å²) in [7, 11) is -2.42. The molecule has 3 rings (SSSR count). The molecule has 138 valence electrons. The molecule has 0 fully saturated rings. The summed E-state index contributed by atoms with van der Waals surface area (Å²) in [6, 6.07) is 11.3. The molecule has 0 saturated carbocycles. The molecule has 26 heavy (non-hydrogen) atoms. The summed E-state index contributed by atoms with van der Waals surface area (Å²) in [6.07, 6.45) is 0.605. The summed E-state index contributed by atoms with van der Waals surface area (Å²) in [6.45, 7) is 0.0769. The number of sulfonamides is 1. The number of aliphatic hydroxyl groups excluding tert-OH is 1. The second-order valence-corrected chi connectivity index (χ2v) is 8.71. The number of hydrogen-bond donors (Lipinski definition) is 2. The second kappa shape index (κ2) is 7.81. The van der Waals surface area contributed by atoms with Crippen molar-refractivity contribution in [2.24, 2.45) is 0 Å². The Kier molecular flexibility index (Phi) is 5.69. The lowest BCUT2D eigenvalue weighted by molar-refractivity contribution is 0.193. The van der Waals surface area contributed by atoms with E-state index in [2.05, 4.69) is 4.72 Å². The number of methoxy groups -OCH3 is 1. The van der Waals surface area contributed by atoms with Crippen LogP contribution in [0.3, 0.4) is 0 Å². The molecule has 2 aromatic heterocycles. The first-order valence-electron chi connectivity index (χ1n) is 7.54. The van der Waals surface area contributed by atoms with Crippen molar-refractivity contribution in [1.82, 2.24) is 4.72 Å². The van der Waals surface area contributed by atoms with Crippen molar-refractivity contribution in [3.8, 4) is 5.75 Å². The first-order valence-corrected chi connectivity index (χ1v) is 10.2. The third-order valence-corrected chi connectivity index (χ3v) is 6.41. The van der Waals surface area contributed by atoms with Gasteiger partial charge in [0.25, 0.3) is 0 Å². The number of hydrogen-bond acceptors (Lipinski definition) is 6. The molecule has 1 atom stereocenters. The van der Waals surface area contributed by atoms with E-state index in [1.165, 1.54) is 36.8 Å².